The molecule has 0 spiro atoms. The molecular weight excluding hydrogens is 212 g/mol. The van der Waals surface area contributed by atoms with E-state index in [9.17, 15) is 4.79 Å². The molecule has 4 rings (SSSR count). The van der Waals surface area contributed by atoms with E-state index >= 15 is 0 Å². The predicted molar refractivity (Wildman–Crippen MR) is 65.7 cm³/mol. The Morgan fingerprint density at radius 1 is 1.24 bits per heavy atom. The average molecular weight is 222 g/mol. The summed E-state index contributed by atoms with van der Waals surface area (Å²) in [6.07, 6.45) is 5.92. The minimum Gasteiger partial charge on any atom is -0.293 e. The second-order valence-electron chi connectivity index (χ2n) is 4.39. The molecule has 0 fully saturated rings. The van der Waals surface area contributed by atoms with Gasteiger partial charge in [0.05, 0.1) is 11.0 Å². The molecule has 17 heavy (non-hydrogen) atoms. The number of ketones is 1. The molecule has 0 amide bonds. The zero-order valence-corrected chi connectivity index (χ0v) is 9.18. The molecule has 0 unspecified atom stereocenters. The monoisotopic (exact) mass is 222 g/mol. The number of carbonyl (C=O) groups excluding carboxylic acids is 1. The summed E-state index contributed by atoms with van der Waals surface area (Å²) in [5.41, 5.74) is 3.87. The second kappa shape index (κ2) is 2.94. The Morgan fingerprint density at radius 2 is 2.12 bits per heavy atom. The van der Waals surface area contributed by atoms with E-state index in [4.69, 9.17) is 0 Å². The van der Waals surface area contributed by atoms with Crippen molar-refractivity contribution in [2.24, 2.45) is 0 Å². The number of imidazole rings is 1. The molecule has 0 saturated heterocycles. The van der Waals surface area contributed by atoms with Crippen molar-refractivity contribution in [3.63, 3.8) is 0 Å². The lowest BCUT2D eigenvalue weighted by Gasteiger charge is -2.09. The van der Waals surface area contributed by atoms with Gasteiger partial charge in [-0.2, -0.15) is 0 Å². The molecule has 0 bridgehead atoms. The second-order valence-corrected chi connectivity index (χ2v) is 4.39. The van der Waals surface area contributed by atoms with Crippen LogP contribution in [0.15, 0.2) is 42.0 Å². The van der Waals surface area contributed by atoms with Gasteiger partial charge in [-0.1, -0.05) is 24.3 Å². The predicted octanol–water partition coefficient (Wildman–Crippen LogP) is 2.79. The molecule has 0 saturated carbocycles. The minimum atomic E-state index is 0.0622. The molecule has 2 aromatic rings. The highest BCUT2D eigenvalue weighted by molar-refractivity contribution is 6.18. The molecule has 3 heteroatoms. The highest BCUT2D eigenvalue weighted by atomic mass is 16.1. The topological polar surface area (TPSA) is 34.9 Å². The Kier molecular flexibility index (Phi) is 1.55. The first-order valence-electron chi connectivity index (χ1n) is 5.78. The summed E-state index contributed by atoms with van der Waals surface area (Å²) in [6, 6.07) is 7.91. The largest absolute Gasteiger partial charge is 0.293 e. The molecule has 2 aliphatic rings. The van der Waals surface area contributed by atoms with Gasteiger partial charge in [-0.25, -0.2) is 4.98 Å². The smallest absolute Gasteiger partial charge is 0.230 e. The van der Waals surface area contributed by atoms with Crippen molar-refractivity contribution in [3.8, 4) is 0 Å². The van der Waals surface area contributed by atoms with Gasteiger partial charge in [0.25, 0.3) is 0 Å². The van der Waals surface area contributed by atoms with Crippen LogP contribution in [0.4, 0.5) is 0 Å². The molecule has 1 aromatic carbocycles. The van der Waals surface area contributed by atoms with Gasteiger partial charge in [-0.3, -0.25) is 9.36 Å². The SMILES string of the molecule is O=C1C2=C(CCC=C2)n2c1nc1ccccc12. The van der Waals surface area contributed by atoms with Gasteiger partial charge < -0.3 is 0 Å². The summed E-state index contributed by atoms with van der Waals surface area (Å²) in [7, 11) is 0. The lowest BCUT2D eigenvalue weighted by atomic mass is 10.0. The van der Waals surface area contributed by atoms with Crippen LogP contribution >= 0.6 is 0 Å². The summed E-state index contributed by atoms with van der Waals surface area (Å²) in [4.78, 5) is 16.6. The number of fused-ring (bicyclic) bond motifs is 4. The molecule has 0 N–H and O–H groups in total. The van der Waals surface area contributed by atoms with E-state index in [0.29, 0.717) is 5.82 Å². The van der Waals surface area contributed by atoms with Gasteiger partial charge in [0, 0.05) is 11.3 Å². The Bertz CT molecular complexity index is 719. The number of allylic oxidation sites excluding steroid dienone is 4. The Hall–Kier alpha value is -2.16. The zero-order chi connectivity index (χ0) is 11.4. The number of aromatic nitrogens is 2. The summed E-state index contributed by atoms with van der Waals surface area (Å²) >= 11 is 0. The van der Waals surface area contributed by atoms with Gasteiger partial charge in [0.15, 0.2) is 5.82 Å². The number of benzene rings is 1. The van der Waals surface area contributed by atoms with Crippen molar-refractivity contribution < 1.29 is 4.79 Å². The Labute approximate surface area is 98.1 Å². The van der Waals surface area contributed by atoms with Crippen LogP contribution in [0, 0.1) is 0 Å². The number of Topliss-reactive ketones (excluding diaryl/α,β-unsaturated/α-hetero) is 1. The highest BCUT2D eigenvalue weighted by Crippen LogP contribution is 2.36. The highest BCUT2D eigenvalue weighted by Gasteiger charge is 2.32. The summed E-state index contributed by atoms with van der Waals surface area (Å²) < 4.78 is 2.02. The van der Waals surface area contributed by atoms with Crippen molar-refractivity contribution in [3.05, 3.63) is 47.8 Å². The molecule has 3 nitrogen and oxygen atoms in total. The van der Waals surface area contributed by atoms with Crippen molar-refractivity contribution in [2.75, 3.05) is 0 Å². The third-order valence-corrected chi connectivity index (χ3v) is 3.42. The Balaban J connectivity index is 2.13. The van der Waals surface area contributed by atoms with Gasteiger partial charge >= 0.3 is 0 Å². The molecule has 1 aromatic heterocycles. The molecular formula is C14H10N2O. The van der Waals surface area contributed by atoms with E-state index in [0.717, 1.165) is 35.1 Å². The van der Waals surface area contributed by atoms with E-state index < -0.39 is 0 Å². The molecule has 0 atom stereocenters. The number of hydrogen-bond donors (Lipinski definition) is 0. The number of para-hydroxylation sites is 2. The van der Waals surface area contributed by atoms with Gasteiger partial charge in [0.2, 0.25) is 5.78 Å². The molecule has 1 aliphatic carbocycles. The van der Waals surface area contributed by atoms with E-state index in [2.05, 4.69) is 11.1 Å². The number of rotatable bonds is 0. The van der Waals surface area contributed by atoms with Gasteiger partial charge in [-0.05, 0) is 25.0 Å². The number of hydrogen-bond acceptors (Lipinski definition) is 2. The van der Waals surface area contributed by atoms with E-state index in [-0.39, 0.29) is 5.78 Å². The van der Waals surface area contributed by atoms with Crippen LogP contribution in [0.1, 0.15) is 23.5 Å². The van der Waals surface area contributed by atoms with Crippen LogP contribution in [-0.2, 0) is 0 Å². The van der Waals surface area contributed by atoms with Gasteiger partial charge in [-0.15, -0.1) is 0 Å². The van der Waals surface area contributed by atoms with E-state index in [1.165, 1.54) is 0 Å². The van der Waals surface area contributed by atoms with Crippen LogP contribution in [0.25, 0.3) is 16.7 Å². The van der Waals surface area contributed by atoms with Crippen molar-refractivity contribution in [1.82, 2.24) is 9.55 Å². The van der Waals surface area contributed by atoms with Crippen molar-refractivity contribution in [1.29, 1.82) is 0 Å². The maximum atomic E-state index is 12.2. The van der Waals surface area contributed by atoms with Gasteiger partial charge in [0.1, 0.15) is 0 Å². The molecule has 1 aliphatic heterocycles. The van der Waals surface area contributed by atoms with E-state index in [1.807, 2.05) is 34.9 Å². The molecule has 82 valence electrons. The first kappa shape index (κ1) is 8.93. The van der Waals surface area contributed by atoms with Crippen LogP contribution in [0.2, 0.25) is 0 Å². The minimum absolute atomic E-state index is 0.0622. The normalized spacial score (nSPS) is 17.8. The van der Waals surface area contributed by atoms with Crippen LogP contribution in [0.3, 0.4) is 0 Å². The average Bonchev–Trinajstić information content (AvgIpc) is 2.88. The third-order valence-electron chi connectivity index (χ3n) is 3.42. The van der Waals surface area contributed by atoms with Crippen LogP contribution in [-0.4, -0.2) is 15.3 Å². The van der Waals surface area contributed by atoms with Crippen LogP contribution in [0.5, 0.6) is 0 Å². The number of nitrogens with zero attached hydrogens (tertiary/aromatic N) is 2. The van der Waals surface area contributed by atoms with Crippen LogP contribution < -0.4 is 0 Å². The zero-order valence-electron chi connectivity index (χ0n) is 9.18. The summed E-state index contributed by atoms with van der Waals surface area (Å²) in [6.45, 7) is 0. The summed E-state index contributed by atoms with van der Waals surface area (Å²) in [5, 5.41) is 0. The quantitative estimate of drug-likeness (QED) is 0.687. The standard InChI is InChI=1S/C14H10N2O/c17-13-9-5-1-3-7-11(9)16-12-8-4-2-6-10(12)15-14(13)16/h1-2,4-6,8H,3,7H2. The van der Waals surface area contributed by atoms with Crippen molar-refractivity contribution >= 4 is 22.5 Å². The maximum Gasteiger partial charge on any atom is 0.230 e. The summed E-state index contributed by atoms with van der Waals surface area (Å²) in [5.74, 6) is 0.634. The molecule has 0 radical (unpaired) electrons. The Morgan fingerprint density at radius 3 is 3.06 bits per heavy atom. The fourth-order valence-corrected chi connectivity index (χ4v) is 2.66. The fourth-order valence-electron chi connectivity index (χ4n) is 2.66. The fraction of sp³-hybridized carbons (Fsp3) is 0.143. The third kappa shape index (κ3) is 1.01. The van der Waals surface area contributed by atoms with Crippen molar-refractivity contribution in [2.45, 2.75) is 12.8 Å². The first-order chi connectivity index (χ1) is 8.36. The number of carbonyl (C=O) groups is 1. The lowest BCUT2D eigenvalue weighted by molar-refractivity contribution is 0.103. The molecule has 2 heterocycles. The first-order valence-corrected chi connectivity index (χ1v) is 5.78. The van der Waals surface area contributed by atoms with E-state index in [1.54, 1.807) is 0 Å². The maximum absolute atomic E-state index is 12.2. The lowest BCUT2D eigenvalue weighted by Crippen LogP contribution is -1.99.